The van der Waals surface area contributed by atoms with Crippen LogP contribution in [0.15, 0.2) is 22.9 Å². The topological polar surface area (TPSA) is 110 Å². The lowest BCUT2D eigenvalue weighted by atomic mass is 9.76. The average Bonchev–Trinajstić information content (AvgIpc) is 3.48. The first-order valence-electron chi connectivity index (χ1n) is 11.1. The number of anilines is 2. The van der Waals surface area contributed by atoms with Crippen LogP contribution in [-0.4, -0.2) is 46.6 Å². The van der Waals surface area contributed by atoms with E-state index in [0.29, 0.717) is 34.7 Å². The molecule has 2 atom stereocenters. The molecule has 0 unspecified atom stereocenters. The van der Waals surface area contributed by atoms with Crippen molar-refractivity contribution in [1.29, 1.82) is 0 Å². The molecule has 1 aliphatic heterocycles. The number of fused-ring (bicyclic) bond motifs is 2. The fourth-order valence-electron chi connectivity index (χ4n) is 5.40. The van der Waals surface area contributed by atoms with E-state index in [1.165, 1.54) is 11.0 Å². The van der Waals surface area contributed by atoms with Crippen LogP contribution in [0.4, 0.5) is 15.9 Å². The van der Waals surface area contributed by atoms with Crippen LogP contribution in [0.5, 0.6) is 0 Å². The molecule has 178 valence electrons. The number of nitrogen functional groups attached to an aromatic ring is 1. The number of aromatic nitrogens is 3. The molecule has 3 aromatic rings. The van der Waals surface area contributed by atoms with E-state index in [2.05, 4.69) is 27.4 Å². The fourth-order valence-corrected chi connectivity index (χ4v) is 5.84. The van der Waals surface area contributed by atoms with Crippen LogP contribution in [0.3, 0.4) is 0 Å². The zero-order chi connectivity index (χ0) is 24.4. The molecule has 0 bridgehead atoms. The second kappa shape index (κ2) is 7.66. The molecule has 2 aromatic heterocycles. The number of nitrogens with one attached hydrogen (secondary N) is 1. The van der Waals surface area contributed by atoms with Crippen molar-refractivity contribution < 1.29 is 13.7 Å². The molecule has 1 fully saturated rings. The predicted molar refractivity (Wildman–Crippen MR) is 127 cm³/mol. The first kappa shape index (κ1) is 22.6. The number of hydrogen-bond donors (Lipinski definition) is 2. The van der Waals surface area contributed by atoms with Gasteiger partial charge < -0.3 is 20.5 Å². The molecule has 3 N–H and O–H groups in total. The highest BCUT2D eigenvalue weighted by molar-refractivity contribution is 6.34. The van der Waals surface area contributed by atoms with Gasteiger partial charge >= 0.3 is 0 Å². The van der Waals surface area contributed by atoms with Crippen molar-refractivity contribution in [3.05, 3.63) is 52.0 Å². The zero-order valence-corrected chi connectivity index (χ0v) is 20.3. The zero-order valence-electron chi connectivity index (χ0n) is 19.5. The van der Waals surface area contributed by atoms with Gasteiger partial charge in [-0.2, -0.15) is 4.98 Å². The van der Waals surface area contributed by atoms with Crippen molar-refractivity contribution in [1.82, 2.24) is 20.0 Å². The maximum absolute atomic E-state index is 15.6. The molecule has 5 rings (SSSR count). The average molecular weight is 485 g/mol. The van der Waals surface area contributed by atoms with Crippen LogP contribution in [0.25, 0.3) is 11.1 Å². The lowest BCUT2D eigenvalue weighted by Gasteiger charge is -2.27. The van der Waals surface area contributed by atoms with Crippen molar-refractivity contribution in [3.63, 3.8) is 0 Å². The number of benzene rings is 1. The Hall–Kier alpha value is -3.20. The Kier molecular flexibility index (Phi) is 5.09. The van der Waals surface area contributed by atoms with Gasteiger partial charge in [-0.05, 0) is 38.3 Å². The molecule has 1 amide bonds. The quantitative estimate of drug-likeness (QED) is 0.532. The second-order valence-corrected chi connectivity index (χ2v) is 10.2. The van der Waals surface area contributed by atoms with Crippen LogP contribution in [0, 0.1) is 12.7 Å². The van der Waals surface area contributed by atoms with E-state index in [1.807, 2.05) is 0 Å². The number of pyridine rings is 1. The number of carbonyl (C=O) groups excluding carboxylic acids is 1. The number of nitrogens with zero attached hydrogens (tertiary/aromatic N) is 4. The Morgan fingerprint density at radius 3 is 2.74 bits per heavy atom. The van der Waals surface area contributed by atoms with Crippen LogP contribution in [0.1, 0.15) is 53.8 Å². The number of carbonyl (C=O) groups is 1. The maximum atomic E-state index is 15.6. The maximum Gasteiger partial charge on any atom is 0.258 e. The summed E-state index contributed by atoms with van der Waals surface area (Å²) in [6.07, 6.45) is 3.96. The molecule has 8 nitrogen and oxygen atoms in total. The highest BCUT2D eigenvalue weighted by Crippen LogP contribution is 2.57. The normalized spacial score (nSPS) is 23.2. The van der Waals surface area contributed by atoms with Gasteiger partial charge in [-0.1, -0.05) is 23.7 Å². The fraction of sp³-hybridized carbons (Fsp3) is 0.417. The van der Waals surface area contributed by atoms with Crippen LogP contribution >= 0.6 is 11.6 Å². The summed E-state index contributed by atoms with van der Waals surface area (Å²) in [4.78, 5) is 22.9. The van der Waals surface area contributed by atoms with Crippen molar-refractivity contribution in [2.45, 2.75) is 43.9 Å². The summed E-state index contributed by atoms with van der Waals surface area (Å²) in [7, 11) is 3.10. The third-order valence-electron chi connectivity index (χ3n) is 7.15. The molecular formula is C24H26ClFN6O2. The van der Waals surface area contributed by atoms with Gasteiger partial charge in [-0.15, -0.1) is 0 Å². The minimum atomic E-state index is -0.708. The Morgan fingerprint density at radius 1 is 1.29 bits per heavy atom. The summed E-state index contributed by atoms with van der Waals surface area (Å²) in [5, 5.41) is 7.77. The molecule has 3 heterocycles. The lowest BCUT2D eigenvalue weighted by Crippen LogP contribution is -2.29. The Morgan fingerprint density at radius 2 is 2.06 bits per heavy atom. The van der Waals surface area contributed by atoms with Crippen molar-refractivity contribution >= 4 is 29.0 Å². The number of hydrogen-bond acceptors (Lipinski definition) is 7. The highest BCUT2D eigenvalue weighted by Gasteiger charge is 2.54. The van der Waals surface area contributed by atoms with Crippen LogP contribution in [-0.2, 0) is 10.8 Å². The summed E-state index contributed by atoms with van der Waals surface area (Å²) in [6, 6.07) is 3.07. The Balaban J connectivity index is 1.60. The van der Waals surface area contributed by atoms with Gasteiger partial charge in [-0.3, -0.25) is 4.79 Å². The summed E-state index contributed by atoms with van der Waals surface area (Å²) in [6.45, 7) is 4.59. The largest absolute Gasteiger partial charge is 0.398 e. The summed E-state index contributed by atoms with van der Waals surface area (Å²) in [5.41, 5.74) is 6.72. The smallest absolute Gasteiger partial charge is 0.258 e. The Bertz CT molecular complexity index is 1330. The standard InChI is InChI=1S/C24H26ClFN6O2/c1-12-30-22(34-31-12)23(2)7-8-24(10-23)11-29-20-17(24)18(25)14(9-28-20)13-5-6-15(27)16(19(13)26)21(33)32(3)4/h5-6,9H,7-8,10-11,27H2,1-4H3,(H,28,29)/t23-,24+/m1/s1. The van der Waals surface area contributed by atoms with Gasteiger partial charge in [0.15, 0.2) is 5.82 Å². The van der Waals surface area contributed by atoms with E-state index in [0.717, 1.165) is 24.8 Å². The van der Waals surface area contributed by atoms with Gasteiger partial charge in [0.25, 0.3) is 5.91 Å². The van der Waals surface area contributed by atoms with E-state index >= 15 is 4.39 Å². The first-order chi connectivity index (χ1) is 16.1. The second-order valence-electron chi connectivity index (χ2n) is 9.82. The number of rotatable bonds is 3. The van der Waals surface area contributed by atoms with E-state index in [1.54, 1.807) is 33.3 Å². The molecule has 2 aliphatic rings. The number of halogens is 2. The van der Waals surface area contributed by atoms with Gasteiger partial charge in [0.1, 0.15) is 11.6 Å². The third kappa shape index (κ3) is 3.25. The molecule has 0 saturated heterocycles. The molecule has 1 aromatic carbocycles. The van der Waals surface area contributed by atoms with Crippen LogP contribution < -0.4 is 11.1 Å². The molecule has 10 heteroatoms. The summed E-state index contributed by atoms with van der Waals surface area (Å²) >= 11 is 6.98. The third-order valence-corrected chi connectivity index (χ3v) is 7.54. The summed E-state index contributed by atoms with van der Waals surface area (Å²) < 4.78 is 21.1. The predicted octanol–water partition coefficient (Wildman–Crippen LogP) is 4.32. The molecule has 34 heavy (non-hydrogen) atoms. The highest BCUT2D eigenvalue weighted by atomic mass is 35.5. The van der Waals surface area contributed by atoms with Gasteiger partial charge in [0.05, 0.1) is 10.6 Å². The van der Waals surface area contributed by atoms with E-state index < -0.39 is 11.7 Å². The lowest BCUT2D eigenvalue weighted by molar-refractivity contribution is 0.0824. The molecule has 1 spiro atoms. The number of aryl methyl sites for hydroxylation is 1. The van der Waals surface area contributed by atoms with E-state index in [9.17, 15) is 4.79 Å². The van der Waals surface area contributed by atoms with Gasteiger partial charge in [0, 0.05) is 60.0 Å². The minimum Gasteiger partial charge on any atom is -0.398 e. The van der Waals surface area contributed by atoms with Crippen molar-refractivity contribution in [2.75, 3.05) is 31.7 Å². The monoisotopic (exact) mass is 484 g/mol. The minimum absolute atomic E-state index is 0.0738. The molecule has 0 radical (unpaired) electrons. The summed E-state index contributed by atoms with van der Waals surface area (Å²) in [5.74, 6) is 0.694. The van der Waals surface area contributed by atoms with Crippen molar-refractivity contribution in [2.24, 2.45) is 0 Å². The number of amides is 1. The van der Waals surface area contributed by atoms with Crippen LogP contribution in [0.2, 0.25) is 5.02 Å². The first-order valence-corrected chi connectivity index (χ1v) is 11.5. The van der Waals surface area contributed by atoms with Crippen molar-refractivity contribution in [3.8, 4) is 11.1 Å². The molecular weight excluding hydrogens is 459 g/mol. The van der Waals surface area contributed by atoms with Gasteiger partial charge in [-0.25, -0.2) is 9.37 Å². The molecule has 1 saturated carbocycles. The van der Waals surface area contributed by atoms with E-state index in [-0.39, 0.29) is 27.6 Å². The SMILES string of the molecule is Cc1noc([C@]2(C)CC[C@@]3(CNc4ncc(-c5ccc(N)c(C(=O)N(C)C)c5F)c(Cl)c43)C2)n1. The van der Waals surface area contributed by atoms with Gasteiger partial charge in [0.2, 0.25) is 5.89 Å². The molecule has 1 aliphatic carbocycles. The Labute approximate surface area is 201 Å². The van der Waals surface area contributed by atoms with E-state index in [4.69, 9.17) is 21.9 Å². The number of nitrogens with two attached hydrogens (primary N) is 1.